The van der Waals surface area contributed by atoms with Gasteiger partial charge < -0.3 is 15.2 Å². The molecule has 0 fully saturated rings. The van der Waals surface area contributed by atoms with Gasteiger partial charge in [0.15, 0.2) is 0 Å². The van der Waals surface area contributed by atoms with Gasteiger partial charge in [0.1, 0.15) is 24.2 Å². The number of aromatic nitrogens is 4. The number of benzene rings is 2. The molecule has 2 heterocycles. The molecule has 4 rings (SSSR count). The van der Waals surface area contributed by atoms with Gasteiger partial charge in [0.05, 0.1) is 18.7 Å². The Labute approximate surface area is 155 Å². The lowest BCUT2D eigenvalue weighted by molar-refractivity contribution is -0.123. The third-order valence-electron chi connectivity index (χ3n) is 4.63. The predicted octanol–water partition coefficient (Wildman–Crippen LogP) is 0.687. The topological polar surface area (TPSA) is 102 Å². The van der Waals surface area contributed by atoms with Crippen LogP contribution in [0.3, 0.4) is 0 Å². The normalized spacial score (nSPS) is 18.4. The van der Waals surface area contributed by atoms with Crippen molar-refractivity contribution in [3.05, 3.63) is 66.0 Å². The number of aliphatic hydroxyl groups excluding tert-OH is 1. The maximum atomic E-state index is 12.6. The second kappa shape index (κ2) is 7.16. The van der Waals surface area contributed by atoms with Crippen LogP contribution in [0.2, 0.25) is 0 Å². The molecule has 1 aromatic heterocycles. The molecule has 0 spiro atoms. The molecule has 0 saturated carbocycles. The zero-order valence-corrected chi connectivity index (χ0v) is 14.6. The van der Waals surface area contributed by atoms with Crippen LogP contribution in [-0.4, -0.2) is 50.0 Å². The fraction of sp³-hybridized carbons (Fsp3) is 0.263. The Kier molecular flexibility index (Phi) is 4.55. The quantitative estimate of drug-likeness (QED) is 0.690. The van der Waals surface area contributed by atoms with Crippen LogP contribution in [0.1, 0.15) is 11.1 Å². The molecule has 0 aliphatic carbocycles. The number of tetrazole rings is 1. The van der Waals surface area contributed by atoms with Crippen LogP contribution < -0.4 is 10.1 Å². The molecule has 138 valence electrons. The summed E-state index contributed by atoms with van der Waals surface area (Å²) in [6, 6.07) is 15.1. The number of para-hydroxylation sites is 1. The van der Waals surface area contributed by atoms with Gasteiger partial charge in [0, 0.05) is 6.42 Å². The number of hydrogen-bond acceptors (Lipinski definition) is 6. The van der Waals surface area contributed by atoms with Crippen molar-refractivity contribution >= 4 is 5.91 Å². The number of rotatable bonds is 5. The van der Waals surface area contributed by atoms with Crippen LogP contribution in [0.25, 0.3) is 5.69 Å². The van der Waals surface area contributed by atoms with E-state index in [0.29, 0.717) is 6.42 Å². The first-order valence-electron chi connectivity index (χ1n) is 8.62. The summed E-state index contributed by atoms with van der Waals surface area (Å²) in [4.78, 5) is 12.6. The lowest BCUT2D eigenvalue weighted by atomic mass is 9.89. The number of ether oxygens (including phenoxy) is 1. The Morgan fingerprint density at radius 1 is 1.22 bits per heavy atom. The zero-order chi connectivity index (χ0) is 18.7. The monoisotopic (exact) mass is 365 g/mol. The summed E-state index contributed by atoms with van der Waals surface area (Å²) in [6.45, 7) is 0.0514. The molecular formula is C19H19N5O3. The van der Waals surface area contributed by atoms with E-state index in [1.54, 1.807) is 4.68 Å². The van der Waals surface area contributed by atoms with Gasteiger partial charge in [-0.3, -0.25) is 4.79 Å². The maximum Gasteiger partial charge on any atom is 0.225 e. The van der Waals surface area contributed by atoms with Crippen LogP contribution >= 0.6 is 0 Å². The van der Waals surface area contributed by atoms with Crippen molar-refractivity contribution in [3.63, 3.8) is 0 Å². The summed E-state index contributed by atoms with van der Waals surface area (Å²) in [6.07, 6.45) is 2.25. The molecule has 1 atom stereocenters. The van der Waals surface area contributed by atoms with Crippen molar-refractivity contribution in [2.45, 2.75) is 18.4 Å². The smallest absolute Gasteiger partial charge is 0.225 e. The number of amides is 1. The molecule has 0 saturated heterocycles. The van der Waals surface area contributed by atoms with Crippen LogP contribution in [0, 0.1) is 0 Å². The lowest BCUT2D eigenvalue weighted by Crippen LogP contribution is -2.58. The predicted molar refractivity (Wildman–Crippen MR) is 96.5 cm³/mol. The highest BCUT2D eigenvalue weighted by Gasteiger charge is 2.36. The number of hydrogen-bond donors (Lipinski definition) is 2. The Hall–Kier alpha value is -3.26. The summed E-state index contributed by atoms with van der Waals surface area (Å²) in [5, 5.41) is 23.9. The zero-order valence-electron chi connectivity index (χ0n) is 14.6. The third kappa shape index (κ3) is 3.65. The van der Waals surface area contributed by atoms with Gasteiger partial charge in [0.2, 0.25) is 5.91 Å². The summed E-state index contributed by atoms with van der Waals surface area (Å²) in [5.74, 6) is 0.635. The second-order valence-corrected chi connectivity index (χ2v) is 6.66. The van der Waals surface area contributed by atoms with E-state index < -0.39 is 5.54 Å². The molecule has 3 aromatic rings. The third-order valence-corrected chi connectivity index (χ3v) is 4.63. The summed E-state index contributed by atoms with van der Waals surface area (Å²) in [5.41, 5.74) is 1.84. The first kappa shape index (κ1) is 17.2. The van der Waals surface area contributed by atoms with E-state index in [1.807, 2.05) is 48.5 Å². The fourth-order valence-electron chi connectivity index (χ4n) is 3.21. The largest absolute Gasteiger partial charge is 0.491 e. The second-order valence-electron chi connectivity index (χ2n) is 6.66. The van der Waals surface area contributed by atoms with E-state index in [-0.39, 0.29) is 25.5 Å². The van der Waals surface area contributed by atoms with Gasteiger partial charge in [-0.1, -0.05) is 30.3 Å². The van der Waals surface area contributed by atoms with Gasteiger partial charge in [-0.15, -0.1) is 5.10 Å². The summed E-state index contributed by atoms with van der Waals surface area (Å²) >= 11 is 0. The minimum absolute atomic E-state index is 0.165. The average Bonchev–Trinajstić information content (AvgIpc) is 3.23. The van der Waals surface area contributed by atoms with E-state index in [2.05, 4.69) is 20.8 Å². The number of nitrogens with zero attached hydrogens (tertiary/aromatic N) is 4. The number of carbonyl (C=O) groups is 1. The van der Waals surface area contributed by atoms with Gasteiger partial charge >= 0.3 is 0 Å². The van der Waals surface area contributed by atoms with Crippen molar-refractivity contribution in [2.75, 3.05) is 13.2 Å². The van der Waals surface area contributed by atoms with Crippen molar-refractivity contribution in [1.82, 2.24) is 25.5 Å². The highest BCUT2D eigenvalue weighted by molar-refractivity contribution is 5.79. The van der Waals surface area contributed by atoms with Gasteiger partial charge in [0.25, 0.3) is 0 Å². The van der Waals surface area contributed by atoms with Crippen LogP contribution in [0.4, 0.5) is 0 Å². The molecule has 1 aliphatic rings. The van der Waals surface area contributed by atoms with E-state index in [4.69, 9.17) is 4.74 Å². The van der Waals surface area contributed by atoms with Crippen LogP contribution in [0.5, 0.6) is 5.75 Å². The van der Waals surface area contributed by atoms with E-state index in [9.17, 15) is 9.90 Å². The van der Waals surface area contributed by atoms with Crippen LogP contribution in [-0.2, 0) is 17.6 Å². The van der Waals surface area contributed by atoms with Crippen molar-refractivity contribution in [3.8, 4) is 11.4 Å². The standard InChI is InChI=1S/C19H19N5O3/c25-11-19(10-15-3-1-2-4-17(15)27-12-19)21-18(26)9-14-5-7-16(8-6-14)24-13-20-22-23-24/h1-8,13,25H,9-12H2,(H,21,26). The van der Waals surface area contributed by atoms with E-state index >= 15 is 0 Å². The Balaban J connectivity index is 1.42. The molecule has 1 aliphatic heterocycles. The molecule has 1 amide bonds. The number of aliphatic hydroxyl groups is 1. The highest BCUT2D eigenvalue weighted by Crippen LogP contribution is 2.29. The first-order valence-corrected chi connectivity index (χ1v) is 8.62. The molecule has 8 nitrogen and oxygen atoms in total. The Morgan fingerprint density at radius 2 is 2.04 bits per heavy atom. The summed E-state index contributed by atoms with van der Waals surface area (Å²) in [7, 11) is 0. The summed E-state index contributed by atoms with van der Waals surface area (Å²) < 4.78 is 7.29. The molecule has 0 bridgehead atoms. The Morgan fingerprint density at radius 3 is 2.78 bits per heavy atom. The molecular weight excluding hydrogens is 346 g/mol. The lowest BCUT2D eigenvalue weighted by Gasteiger charge is -2.37. The first-order chi connectivity index (χ1) is 13.2. The van der Waals surface area contributed by atoms with E-state index in [0.717, 1.165) is 22.6 Å². The Bertz CT molecular complexity index is 927. The molecule has 8 heteroatoms. The van der Waals surface area contributed by atoms with Gasteiger partial charge in [-0.05, 0) is 39.8 Å². The van der Waals surface area contributed by atoms with Gasteiger partial charge in [-0.25, -0.2) is 4.68 Å². The SMILES string of the molecule is O=C(Cc1ccc(-n2cnnn2)cc1)NC1(CO)COc2ccccc2C1. The number of carbonyl (C=O) groups excluding carboxylic acids is 1. The molecule has 2 N–H and O–H groups in total. The van der Waals surface area contributed by atoms with E-state index in [1.165, 1.54) is 6.33 Å². The highest BCUT2D eigenvalue weighted by atomic mass is 16.5. The molecule has 1 unspecified atom stereocenters. The van der Waals surface area contributed by atoms with Crippen molar-refractivity contribution in [2.24, 2.45) is 0 Å². The minimum Gasteiger partial charge on any atom is -0.491 e. The average molecular weight is 365 g/mol. The van der Waals surface area contributed by atoms with Gasteiger partial charge in [-0.2, -0.15) is 0 Å². The molecule has 2 aromatic carbocycles. The van der Waals surface area contributed by atoms with Crippen molar-refractivity contribution in [1.29, 1.82) is 0 Å². The molecule has 0 radical (unpaired) electrons. The number of fused-ring (bicyclic) bond motifs is 1. The maximum absolute atomic E-state index is 12.6. The fourth-order valence-corrected chi connectivity index (χ4v) is 3.21. The van der Waals surface area contributed by atoms with Crippen molar-refractivity contribution < 1.29 is 14.6 Å². The minimum atomic E-state index is -0.808. The number of nitrogens with one attached hydrogen (secondary N) is 1. The molecule has 27 heavy (non-hydrogen) atoms. The van der Waals surface area contributed by atoms with Crippen LogP contribution in [0.15, 0.2) is 54.9 Å².